The van der Waals surface area contributed by atoms with Crippen LogP contribution < -0.4 is 30.6 Å². The molecule has 0 spiro atoms. The molecule has 286 valence electrons. The number of aryl methyl sites for hydroxylation is 4. The molecular formula is C41H48ClN5O7. The van der Waals surface area contributed by atoms with Gasteiger partial charge in [-0.05, 0) is 77.3 Å². The van der Waals surface area contributed by atoms with E-state index in [4.69, 9.17) is 30.5 Å². The number of halogens is 1. The Labute approximate surface area is 319 Å². The van der Waals surface area contributed by atoms with Crippen molar-refractivity contribution in [2.45, 2.75) is 66.5 Å². The summed E-state index contributed by atoms with van der Waals surface area (Å²) in [4.78, 5) is 46.3. The summed E-state index contributed by atoms with van der Waals surface area (Å²) in [6, 6.07) is 10.7. The van der Waals surface area contributed by atoms with Gasteiger partial charge in [0.25, 0.3) is 11.1 Å². The molecule has 4 heterocycles. The summed E-state index contributed by atoms with van der Waals surface area (Å²) < 4.78 is 25.6. The van der Waals surface area contributed by atoms with Crippen LogP contribution in [0.2, 0.25) is 5.02 Å². The van der Waals surface area contributed by atoms with E-state index >= 15 is 0 Å². The third-order valence-corrected chi connectivity index (χ3v) is 9.39. The Morgan fingerprint density at radius 1 is 0.796 bits per heavy atom. The topological polar surface area (TPSA) is 136 Å². The zero-order valence-electron chi connectivity index (χ0n) is 32.7. The van der Waals surface area contributed by atoms with Crippen LogP contribution in [0, 0.1) is 19.8 Å². The summed E-state index contributed by atoms with van der Waals surface area (Å²) in [6.45, 7) is 13.5. The van der Waals surface area contributed by atoms with Gasteiger partial charge in [-0.15, -0.1) is 0 Å². The van der Waals surface area contributed by atoms with E-state index in [0.29, 0.717) is 51.1 Å². The van der Waals surface area contributed by atoms with Crippen molar-refractivity contribution in [1.29, 1.82) is 0 Å². The van der Waals surface area contributed by atoms with Gasteiger partial charge in [0.2, 0.25) is 0 Å². The van der Waals surface area contributed by atoms with Gasteiger partial charge in [0.1, 0.15) is 18.0 Å². The molecule has 0 unspecified atom stereocenters. The minimum absolute atomic E-state index is 0.0701. The highest BCUT2D eigenvalue weighted by molar-refractivity contribution is 6.33. The summed E-state index contributed by atoms with van der Waals surface area (Å²) >= 11 is 6.16. The Hall–Kier alpha value is -5.36. The number of fused-ring (bicyclic) bond motifs is 6. The molecule has 0 fully saturated rings. The Bertz CT molecular complexity index is 2500. The molecule has 1 atom stereocenters. The molecular weight excluding hydrogens is 710 g/mol. The summed E-state index contributed by atoms with van der Waals surface area (Å²) in [7, 11) is 6.62. The molecule has 12 nitrogen and oxygen atoms in total. The van der Waals surface area contributed by atoms with E-state index in [-0.39, 0.29) is 23.8 Å². The van der Waals surface area contributed by atoms with Gasteiger partial charge < -0.3 is 33.4 Å². The predicted octanol–water partition coefficient (Wildman–Crippen LogP) is 7.78. The molecule has 4 aromatic heterocycles. The number of carbonyl (C=O) groups excluding carboxylic acids is 1. The minimum Gasteiger partial charge on any atom is -0.495 e. The number of pyridine rings is 4. The molecule has 1 amide bonds. The average Bonchev–Trinajstić information content (AvgIpc) is 3.10. The van der Waals surface area contributed by atoms with E-state index in [1.54, 1.807) is 55.9 Å². The third-order valence-electron chi connectivity index (χ3n) is 9.09. The fourth-order valence-corrected chi connectivity index (χ4v) is 6.82. The minimum atomic E-state index is -0.587. The first-order chi connectivity index (χ1) is 25.4. The van der Waals surface area contributed by atoms with Crippen LogP contribution in [0.25, 0.3) is 43.4 Å². The molecule has 0 aliphatic heterocycles. The van der Waals surface area contributed by atoms with Gasteiger partial charge in [0, 0.05) is 54.1 Å². The molecule has 1 N–H and O–H groups in total. The Morgan fingerprint density at radius 3 is 1.78 bits per heavy atom. The summed E-state index contributed by atoms with van der Waals surface area (Å²) in [6.07, 6.45) is 3.64. The molecule has 54 heavy (non-hydrogen) atoms. The number of alkyl carbamates (subject to hydrolysis) is 1. The largest absolute Gasteiger partial charge is 0.495 e. The number of carbonyl (C=O) groups is 1. The van der Waals surface area contributed by atoms with E-state index in [1.165, 1.54) is 0 Å². The van der Waals surface area contributed by atoms with Gasteiger partial charge in [-0.25, -0.2) is 4.79 Å². The van der Waals surface area contributed by atoms with Crippen molar-refractivity contribution in [3.63, 3.8) is 0 Å². The van der Waals surface area contributed by atoms with Gasteiger partial charge in [0.05, 0.1) is 58.5 Å². The SMILES string of the molecule is COc1cc2c3ccnc(C)c3c(=O)n(C)c2cc1Cl.COc1cc2c3ccnc(C)c3c(=O)n(C)c2cc1OC[C@H](CC(C)C)NC(=O)OC(C)(C)C. The smallest absolute Gasteiger partial charge is 0.407 e. The van der Waals surface area contributed by atoms with Gasteiger partial charge in [-0.3, -0.25) is 19.6 Å². The molecule has 0 aliphatic rings. The maximum absolute atomic E-state index is 13.0. The van der Waals surface area contributed by atoms with Gasteiger partial charge in [-0.2, -0.15) is 0 Å². The highest BCUT2D eigenvalue weighted by Crippen LogP contribution is 2.36. The quantitative estimate of drug-likeness (QED) is 0.154. The highest BCUT2D eigenvalue weighted by atomic mass is 35.5. The monoisotopic (exact) mass is 757 g/mol. The van der Waals surface area contributed by atoms with Crippen molar-refractivity contribution in [3.05, 3.63) is 85.9 Å². The second-order valence-electron chi connectivity index (χ2n) is 14.7. The number of aromatic nitrogens is 4. The fourth-order valence-electron chi connectivity index (χ4n) is 6.59. The van der Waals surface area contributed by atoms with Gasteiger partial charge in [0.15, 0.2) is 11.5 Å². The first kappa shape index (κ1) is 39.8. The Kier molecular flexibility index (Phi) is 11.8. The van der Waals surface area contributed by atoms with Crippen molar-refractivity contribution in [1.82, 2.24) is 24.4 Å². The second kappa shape index (κ2) is 15.9. The molecule has 6 aromatic rings. The lowest BCUT2D eigenvalue weighted by Gasteiger charge is -2.25. The Morgan fingerprint density at radius 2 is 1.30 bits per heavy atom. The third kappa shape index (κ3) is 8.23. The lowest BCUT2D eigenvalue weighted by Crippen LogP contribution is -2.42. The fraction of sp³-hybridized carbons (Fsp3) is 0.390. The number of hydrogen-bond donors (Lipinski definition) is 1. The van der Waals surface area contributed by atoms with E-state index in [0.717, 1.165) is 38.3 Å². The van der Waals surface area contributed by atoms with Crippen molar-refractivity contribution in [2.75, 3.05) is 20.8 Å². The van der Waals surface area contributed by atoms with Crippen LogP contribution in [-0.4, -0.2) is 57.7 Å². The van der Waals surface area contributed by atoms with Gasteiger partial charge >= 0.3 is 6.09 Å². The van der Waals surface area contributed by atoms with Crippen LogP contribution in [0.5, 0.6) is 17.2 Å². The normalized spacial score (nSPS) is 12.2. The predicted molar refractivity (Wildman–Crippen MR) is 215 cm³/mol. The van der Waals surface area contributed by atoms with E-state index in [9.17, 15) is 14.4 Å². The molecule has 0 radical (unpaired) electrons. The molecule has 6 rings (SSSR count). The summed E-state index contributed by atoms with van der Waals surface area (Å²) in [5.74, 6) is 1.97. The standard InChI is InChI=1S/C26H35N3O5.C15H13ClN2O2/c1-15(2)11-17(28-25(31)34-26(4,5)6)14-33-22-13-20-19(12-21(22)32-8)18-9-10-27-16(3)23(18)24(30)29(20)7;1-8-14-9(4-5-17-8)10-6-13(20-3)11(16)7-12(10)18(2)15(14)19/h9-10,12-13,15,17H,11,14H2,1-8H3,(H,28,31);4-7H,1-3H3/t17-;/m0./s1. The van der Waals surface area contributed by atoms with Crippen LogP contribution in [-0.2, 0) is 18.8 Å². The maximum atomic E-state index is 13.0. The maximum Gasteiger partial charge on any atom is 0.407 e. The van der Waals surface area contributed by atoms with Crippen LogP contribution in [0.4, 0.5) is 4.79 Å². The number of methoxy groups -OCH3 is 2. The number of rotatable bonds is 8. The number of nitrogens with zero attached hydrogens (tertiary/aromatic N) is 4. The van der Waals surface area contributed by atoms with Gasteiger partial charge in [-0.1, -0.05) is 25.4 Å². The van der Waals surface area contributed by atoms with Crippen LogP contribution in [0.1, 0.15) is 52.4 Å². The van der Waals surface area contributed by atoms with Crippen LogP contribution in [0.15, 0.2) is 58.4 Å². The number of nitrogens with one attached hydrogen (secondary N) is 1. The second-order valence-corrected chi connectivity index (χ2v) is 15.1. The number of amides is 1. The molecule has 0 aliphatic carbocycles. The number of ether oxygens (including phenoxy) is 4. The van der Waals surface area contributed by atoms with Crippen molar-refractivity contribution in [2.24, 2.45) is 20.0 Å². The lowest BCUT2D eigenvalue weighted by molar-refractivity contribution is 0.0479. The van der Waals surface area contributed by atoms with Crippen molar-refractivity contribution < 1.29 is 23.7 Å². The van der Waals surface area contributed by atoms with E-state index in [2.05, 4.69) is 29.1 Å². The van der Waals surface area contributed by atoms with Crippen LogP contribution >= 0.6 is 11.6 Å². The zero-order chi connectivity index (χ0) is 39.6. The Balaban J connectivity index is 0.000000237. The number of hydrogen-bond acceptors (Lipinski definition) is 9. The van der Waals surface area contributed by atoms with E-state index in [1.807, 2.05) is 65.0 Å². The molecule has 0 saturated heterocycles. The van der Waals surface area contributed by atoms with E-state index < -0.39 is 11.7 Å². The first-order valence-corrected chi connectivity index (χ1v) is 18.0. The summed E-state index contributed by atoms with van der Waals surface area (Å²) in [5.41, 5.74) is 2.13. The molecule has 0 bridgehead atoms. The molecule has 2 aromatic carbocycles. The molecule has 13 heteroatoms. The first-order valence-electron chi connectivity index (χ1n) is 17.7. The zero-order valence-corrected chi connectivity index (χ0v) is 33.5. The summed E-state index contributed by atoms with van der Waals surface area (Å²) in [5, 5.41) is 8.10. The lowest BCUT2D eigenvalue weighted by atomic mass is 10.0. The van der Waals surface area contributed by atoms with Crippen molar-refractivity contribution in [3.8, 4) is 17.2 Å². The average molecular weight is 758 g/mol. The molecule has 0 saturated carbocycles. The van der Waals surface area contributed by atoms with Crippen molar-refractivity contribution >= 4 is 61.0 Å². The number of benzene rings is 2. The van der Waals surface area contributed by atoms with Crippen LogP contribution in [0.3, 0.4) is 0 Å². The highest BCUT2D eigenvalue weighted by Gasteiger charge is 2.22.